The first-order valence-electron chi connectivity index (χ1n) is 5.33. The van der Waals surface area contributed by atoms with Gasteiger partial charge in [-0.3, -0.25) is 4.21 Å². The van der Waals surface area contributed by atoms with E-state index in [9.17, 15) is 4.21 Å². The molecule has 1 aliphatic heterocycles. The molecule has 6 heteroatoms. The summed E-state index contributed by atoms with van der Waals surface area (Å²) in [6.07, 6.45) is 3.84. The number of halogens is 1. The zero-order chi connectivity index (χ0) is 11.4. The van der Waals surface area contributed by atoms with Crippen LogP contribution in [0.25, 0.3) is 0 Å². The second-order valence-electron chi connectivity index (χ2n) is 3.89. The van der Waals surface area contributed by atoms with Crippen LogP contribution < -0.4 is 5.32 Å². The molecule has 0 radical (unpaired) electrons. The van der Waals surface area contributed by atoms with Gasteiger partial charge in [0.15, 0.2) is 0 Å². The van der Waals surface area contributed by atoms with Crippen molar-refractivity contribution in [3.8, 4) is 0 Å². The summed E-state index contributed by atoms with van der Waals surface area (Å²) in [4.78, 5) is 7.75. The summed E-state index contributed by atoms with van der Waals surface area (Å²) in [5.74, 6) is 1.13. The molecule has 0 spiro atoms. The van der Waals surface area contributed by atoms with Crippen LogP contribution in [0.15, 0.2) is 17.3 Å². The van der Waals surface area contributed by atoms with Crippen LogP contribution >= 0.6 is 11.6 Å². The fraction of sp³-hybridized carbons (Fsp3) is 0.600. The molecule has 0 saturated carbocycles. The molecule has 0 bridgehead atoms. The smallest absolute Gasteiger partial charge is 0.223 e. The second kappa shape index (κ2) is 5.70. The number of hydrogen-bond acceptors (Lipinski definition) is 4. The van der Waals surface area contributed by atoms with Gasteiger partial charge in [0.1, 0.15) is 5.03 Å². The lowest BCUT2D eigenvalue weighted by Crippen LogP contribution is -2.32. The van der Waals surface area contributed by atoms with Crippen LogP contribution in [-0.4, -0.2) is 33.0 Å². The van der Waals surface area contributed by atoms with Gasteiger partial charge in [-0.25, -0.2) is 9.97 Å². The third-order valence-corrected chi connectivity index (χ3v) is 4.27. The van der Waals surface area contributed by atoms with Crippen molar-refractivity contribution in [3.05, 3.63) is 17.5 Å². The van der Waals surface area contributed by atoms with Crippen LogP contribution in [0.2, 0.25) is 5.28 Å². The maximum atomic E-state index is 12.0. The van der Waals surface area contributed by atoms with E-state index in [0.717, 1.165) is 25.9 Å². The summed E-state index contributed by atoms with van der Waals surface area (Å²) < 4.78 is 12.0. The van der Waals surface area contributed by atoms with Gasteiger partial charge in [-0.05, 0) is 49.5 Å². The van der Waals surface area contributed by atoms with E-state index in [1.807, 2.05) is 0 Å². The first kappa shape index (κ1) is 12.0. The molecule has 1 N–H and O–H groups in total. The second-order valence-corrected chi connectivity index (χ2v) is 5.67. The van der Waals surface area contributed by atoms with E-state index in [2.05, 4.69) is 15.3 Å². The van der Waals surface area contributed by atoms with Crippen LogP contribution in [0, 0.1) is 5.92 Å². The predicted molar refractivity (Wildman–Crippen MR) is 63.9 cm³/mol. The van der Waals surface area contributed by atoms with E-state index in [0.29, 0.717) is 16.7 Å². The molecule has 0 amide bonds. The summed E-state index contributed by atoms with van der Waals surface area (Å²) in [6, 6.07) is 1.66. The standard InChI is InChI=1S/C10H14ClN3OS/c11-10-13-5-3-9(14-10)16(15)7-8-2-1-4-12-6-8/h3,5,8,12H,1-2,4,6-7H2. The van der Waals surface area contributed by atoms with Gasteiger partial charge in [0.2, 0.25) is 5.28 Å². The minimum atomic E-state index is -1.07. The highest BCUT2D eigenvalue weighted by atomic mass is 35.5. The minimum absolute atomic E-state index is 0.160. The lowest BCUT2D eigenvalue weighted by atomic mass is 10.0. The third kappa shape index (κ3) is 3.23. The van der Waals surface area contributed by atoms with Crippen molar-refractivity contribution in [2.45, 2.75) is 17.9 Å². The molecule has 1 aliphatic rings. The van der Waals surface area contributed by atoms with Gasteiger partial charge in [0, 0.05) is 11.9 Å². The molecule has 1 fully saturated rings. The molecule has 2 atom stereocenters. The normalized spacial score (nSPS) is 22.9. The fourth-order valence-corrected chi connectivity index (χ4v) is 3.29. The highest BCUT2D eigenvalue weighted by molar-refractivity contribution is 7.84. The third-order valence-electron chi connectivity index (χ3n) is 2.62. The van der Waals surface area contributed by atoms with E-state index in [4.69, 9.17) is 11.6 Å². The number of hydrogen-bond donors (Lipinski definition) is 1. The average Bonchev–Trinajstić information content (AvgIpc) is 2.30. The Kier molecular flexibility index (Phi) is 4.26. The summed E-state index contributed by atoms with van der Waals surface area (Å²) in [7, 11) is -1.07. The molecule has 16 heavy (non-hydrogen) atoms. The lowest BCUT2D eigenvalue weighted by Gasteiger charge is -2.21. The van der Waals surface area contributed by atoms with Crippen LogP contribution in [-0.2, 0) is 10.8 Å². The zero-order valence-corrected chi connectivity index (χ0v) is 10.4. The van der Waals surface area contributed by atoms with Crippen LogP contribution in [0.3, 0.4) is 0 Å². The van der Waals surface area contributed by atoms with Gasteiger partial charge < -0.3 is 5.32 Å². The van der Waals surface area contributed by atoms with Crippen molar-refractivity contribution in [3.63, 3.8) is 0 Å². The van der Waals surface area contributed by atoms with E-state index < -0.39 is 10.8 Å². The van der Waals surface area contributed by atoms with Gasteiger partial charge in [-0.2, -0.15) is 0 Å². The van der Waals surface area contributed by atoms with E-state index in [1.165, 1.54) is 0 Å². The monoisotopic (exact) mass is 259 g/mol. The van der Waals surface area contributed by atoms with E-state index in [1.54, 1.807) is 12.3 Å². The fourth-order valence-electron chi connectivity index (χ4n) is 1.81. The first-order valence-corrected chi connectivity index (χ1v) is 7.03. The molecule has 0 aromatic carbocycles. The van der Waals surface area contributed by atoms with Gasteiger partial charge in [0.25, 0.3) is 0 Å². The Morgan fingerprint density at radius 2 is 2.50 bits per heavy atom. The number of piperidine rings is 1. The lowest BCUT2D eigenvalue weighted by molar-refractivity contribution is 0.408. The first-order chi connectivity index (χ1) is 7.75. The number of rotatable bonds is 3. The van der Waals surface area contributed by atoms with E-state index in [-0.39, 0.29) is 5.28 Å². The topological polar surface area (TPSA) is 54.9 Å². The number of aromatic nitrogens is 2. The van der Waals surface area contributed by atoms with Gasteiger partial charge in [0.05, 0.1) is 10.8 Å². The molecule has 4 nitrogen and oxygen atoms in total. The van der Waals surface area contributed by atoms with Crippen molar-refractivity contribution in [2.75, 3.05) is 18.8 Å². The molecule has 2 rings (SSSR count). The average molecular weight is 260 g/mol. The molecule has 1 saturated heterocycles. The summed E-state index contributed by atoms with van der Waals surface area (Å²) in [5, 5.41) is 4.00. The SMILES string of the molecule is O=S(CC1CCCNC1)c1ccnc(Cl)n1. The molecular formula is C10H14ClN3OS. The van der Waals surface area contributed by atoms with Crippen LogP contribution in [0.5, 0.6) is 0 Å². The van der Waals surface area contributed by atoms with Gasteiger partial charge in [-0.15, -0.1) is 0 Å². The molecular weight excluding hydrogens is 246 g/mol. The largest absolute Gasteiger partial charge is 0.316 e. The maximum absolute atomic E-state index is 12.0. The Balaban J connectivity index is 1.97. The zero-order valence-electron chi connectivity index (χ0n) is 8.86. The highest BCUT2D eigenvalue weighted by Gasteiger charge is 2.17. The number of nitrogens with zero attached hydrogens (tertiary/aromatic N) is 2. The van der Waals surface area contributed by atoms with Crippen molar-refractivity contribution in [1.29, 1.82) is 0 Å². The van der Waals surface area contributed by atoms with Gasteiger partial charge in [-0.1, -0.05) is 0 Å². The Bertz CT molecular complexity index is 382. The Labute approximate surface area is 102 Å². The van der Waals surface area contributed by atoms with Crippen molar-refractivity contribution in [1.82, 2.24) is 15.3 Å². The molecule has 2 unspecified atom stereocenters. The predicted octanol–water partition coefficient (Wildman–Crippen LogP) is 1.24. The number of nitrogens with one attached hydrogen (secondary N) is 1. The van der Waals surface area contributed by atoms with Crippen LogP contribution in [0.4, 0.5) is 0 Å². The quantitative estimate of drug-likeness (QED) is 0.656. The summed E-state index contributed by atoms with van der Waals surface area (Å²) >= 11 is 5.66. The highest BCUT2D eigenvalue weighted by Crippen LogP contribution is 2.15. The maximum Gasteiger partial charge on any atom is 0.223 e. The summed E-state index contributed by atoms with van der Waals surface area (Å²) in [5.41, 5.74) is 0. The van der Waals surface area contributed by atoms with Gasteiger partial charge >= 0.3 is 0 Å². The van der Waals surface area contributed by atoms with E-state index >= 15 is 0 Å². The molecule has 1 aromatic rings. The molecule has 1 aromatic heterocycles. The molecule has 0 aliphatic carbocycles. The molecule has 2 heterocycles. The van der Waals surface area contributed by atoms with Crippen LogP contribution in [0.1, 0.15) is 12.8 Å². The van der Waals surface area contributed by atoms with Crippen molar-refractivity contribution >= 4 is 22.4 Å². The Hall–Kier alpha value is -0.520. The Morgan fingerprint density at radius 3 is 3.19 bits per heavy atom. The minimum Gasteiger partial charge on any atom is -0.316 e. The molecule has 88 valence electrons. The Morgan fingerprint density at radius 1 is 1.62 bits per heavy atom. The van der Waals surface area contributed by atoms with Crippen molar-refractivity contribution < 1.29 is 4.21 Å². The van der Waals surface area contributed by atoms with Crippen molar-refractivity contribution in [2.24, 2.45) is 5.92 Å². The summed E-state index contributed by atoms with van der Waals surface area (Å²) in [6.45, 7) is 2.02.